The van der Waals surface area contributed by atoms with Gasteiger partial charge in [0, 0.05) is 37.6 Å². The lowest BCUT2D eigenvalue weighted by Gasteiger charge is -2.38. The molecule has 172 valence electrons. The largest absolute Gasteiger partial charge is 0.339 e. The molecule has 4 rings (SSSR count). The van der Waals surface area contributed by atoms with Crippen molar-refractivity contribution in [1.82, 2.24) is 20.1 Å². The lowest BCUT2D eigenvalue weighted by molar-refractivity contribution is -0.134. The number of urea groups is 1. The van der Waals surface area contributed by atoms with Gasteiger partial charge in [-0.05, 0) is 67.2 Å². The van der Waals surface area contributed by atoms with Crippen LogP contribution in [-0.2, 0) is 16.1 Å². The van der Waals surface area contributed by atoms with E-state index in [1.165, 1.54) is 17.1 Å². The number of piperidine rings is 1. The van der Waals surface area contributed by atoms with Crippen molar-refractivity contribution in [2.75, 3.05) is 13.1 Å². The maximum Gasteiger partial charge on any atom is 0.325 e. The number of benzene rings is 1. The van der Waals surface area contributed by atoms with Crippen LogP contribution in [0.4, 0.5) is 13.6 Å². The summed E-state index contributed by atoms with van der Waals surface area (Å²) in [6.07, 6.45) is 6.96. The van der Waals surface area contributed by atoms with Gasteiger partial charge in [0.25, 0.3) is 5.91 Å². The highest BCUT2D eigenvalue weighted by Gasteiger charge is 2.52. The lowest BCUT2D eigenvalue weighted by Crippen LogP contribution is -2.54. The molecule has 2 fully saturated rings. The van der Waals surface area contributed by atoms with Gasteiger partial charge >= 0.3 is 6.03 Å². The van der Waals surface area contributed by atoms with Gasteiger partial charge < -0.3 is 10.2 Å². The van der Waals surface area contributed by atoms with Gasteiger partial charge in [0.15, 0.2) is 0 Å². The van der Waals surface area contributed by atoms with E-state index in [1.54, 1.807) is 36.4 Å². The fourth-order valence-corrected chi connectivity index (χ4v) is 4.43. The van der Waals surface area contributed by atoms with Crippen LogP contribution in [0.1, 0.15) is 30.9 Å². The Kier molecular flexibility index (Phi) is 6.22. The molecule has 2 aromatic rings. The van der Waals surface area contributed by atoms with Crippen LogP contribution in [0.15, 0.2) is 48.8 Å². The number of likely N-dealkylation sites (tertiary alicyclic amines) is 1. The van der Waals surface area contributed by atoms with Gasteiger partial charge in [-0.15, -0.1) is 0 Å². The van der Waals surface area contributed by atoms with Crippen LogP contribution >= 0.6 is 0 Å². The third-order valence-electron chi connectivity index (χ3n) is 6.32. The molecular formula is C24H24F2N4O3. The molecule has 9 heteroatoms. The van der Waals surface area contributed by atoms with Crippen molar-refractivity contribution >= 4 is 23.9 Å². The molecule has 1 aromatic heterocycles. The number of carbonyl (C=O) groups is 3. The predicted octanol–water partition coefficient (Wildman–Crippen LogP) is 3.12. The third-order valence-corrected chi connectivity index (χ3v) is 6.32. The standard InChI is InChI=1S/C24H24F2N4O3/c1-24(22(32)30(23(33)28-24)15-16-4-8-27-9-5-16)18-6-10-29(11-7-18)21(31)3-2-17-12-19(25)14-20(26)13-17/h2-5,8-9,12-14,18H,6-7,10-11,15H2,1H3,(H,28,33)/b3-2+/t24-/m1/s1. The zero-order valence-electron chi connectivity index (χ0n) is 18.1. The zero-order chi connectivity index (χ0) is 23.6. The Hall–Kier alpha value is -3.62. The Balaban J connectivity index is 1.37. The summed E-state index contributed by atoms with van der Waals surface area (Å²) in [6.45, 7) is 2.73. The molecular weight excluding hydrogens is 430 g/mol. The highest BCUT2D eigenvalue weighted by Crippen LogP contribution is 2.34. The summed E-state index contributed by atoms with van der Waals surface area (Å²) in [7, 11) is 0. The number of imide groups is 1. The summed E-state index contributed by atoms with van der Waals surface area (Å²) >= 11 is 0. The zero-order valence-corrected chi connectivity index (χ0v) is 18.1. The van der Waals surface area contributed by atoms with Gasteiger partial charge in [0.05, 0.1) is 6.54 Å². The smallest absolute Gasteiger partial charge is 0.325 e. The van der Waals surface area contributed by atoms with Crippen LogP contribution in [-0.4, -0.2) is 51.3 Å². The molecule has 2 aliphatic heterocycles. The Bertz CT molecular complexity index is 1080. The summed E-state index contributed by atoms with van der Waals surface area (Å²) in [4.78, 5) is 45.0. The maximum absolute atomic E-state index is 13.3. The van der Waals surface area contributed by atoms with Gasteiger partial charge in [-0.25, -0.2) is 13.6 Å². The highest BCUT2D eigenvalue weighted by molar-refractivity contribution is 6.07. The summed E-state index contributed by atoms with van der Waals surface area (Å²) in [5.41, 5.74) is 0.0358. The lowest BCUT2D eigenvalue weighted by atomic mass is 9.79. The molecule has 0 spiro atoms. The molecule has 33 heavy (non-hydrogen) atoms. The van der Waals surface area contributed by atoms with Crippen molar-refractivity contribution in [3.8, 4) is 0 Å². The quantitative estimate of drug-likeness (QED) is 0.556. The van der Waals surface area contributed by atoms with Crippen molar-refractivity contribution in [2.24, 2.45) is 5.92 Å². The van der Waals surface area contributed by atoms with Crippen LogP contribution in [0, 0.1) is 17.6 Å². The number of nitrogens with zero attached hydrogens (tertiary/aromatic N) is 3. The number of pyridine rings is 1. The molecule has 0 saturated carbocycles. The summed E-state index contributed by atoms with van der Waals surface area (Å²) in [6, 6.07) is 6.14. The fraction of sp³-hybridized carbons (Fsp3) is 0.333. The van der Waals surface area contributed by atoms with Crippen molar-refractivity contribution in [3.05, 3.63) is 71.6 Å². The minimum absolute atomic E-state index is 0.123. The van der Waals surface area contributed by atoms with Crippen LogP contribution < -0.4 is 5.32 Å². The van der Waals surface area contributed by atoms with Crippen LogP contribution in [0.5, 0.6) is 0 Å². The van der Waals surface area contributed by atoms with E-state index in [9.17, 15) is 23.2 Å². The molecule has 1 atom stereocenters. The average Bonchev–Trinajstić information content (AvgIpc) is 3.01. The Labute approximate surface area is 190 Å². The second-order valence-corrected chi connectivity index (χ2v) is 8.51. The maximum atomic E-state index is 13.3. The molecule has 0 bridgehead atoms. The SMILES string of the molecule is C[C@]1(C2CCN(C(=O)/C=C/c3cc(F)cc(F)c3)CC2)NC(=O)N(Cc2ccncc2)C1=O. The first-order chi connectivity index (χ1) is 15.8. The second kappa shape index (κ2) is 9.09. The number of rotatable bonds is 5. The number of halogens is 2. The first-order valence-corrected chi connectivity index (χ1v) is 10.7. The van der Waals surface area contributed by atoms with Crippen molar-refractivity contribution in [2.45, 2.75) is 31.8 Å². The molecule has 3 heterocycles. The van der Waals surface area contributed by atoms with E-state index in [4.69, 9.17) is 0 Å². The van der Waals surface area contributed by atoms with Crippen molar-refractivity contribution < 1.29 is 23.2 Å². The second-order valence-electron chi connectivity index (χ2n) is 8.51. The number of amides is 4. The summed E-state index contributed by atoms with van der Waals surface area (Å²) < 4.78 is 26.6. The van der Waals surface area contributed by atoms with Gasteiger partial charge in [-0.2, -0.15) is 0 Å². The first kappa shape index (κ1) is 22.6. The minimum atomic E-state index is -1.03. The van der Waals surface area contributed by atoms with E-state index in [1.807, 2.05) is 0 Å². The Morgan fingerprint density at radius 2 is 1.79 bits per heavy atom. The van der Waals surface area contributed by atoms with E-state index < -0.39 is 23.2 Å². The Morgan fingerprint density at radius 1 is 1.15 bits per heavy atom. The Morgan fingerprint density at radius 3 is 2.42 bits per heavy atom. The topological polar surface area (TPSA) is 82.6 Å². The van der Waals surface area contributed by atoms with E-state index >= 15 is 0 Å². The monoisotopic (exact) mass is 454 g/mol. The molecule has 0 radical (unpaired) electrons. The molecule has 0 unspecified atom stereocenters. The van der Waals surface area contributed by atoms with Crippen molar-refractivity contribution in [3.63, 3.8) is 0 Å². The molecule has 7 nitrogen and oxygen atoms in total. The van der Waals surface area contributed by atoms with Gasteiger partial charge in [-0.3, -0.25) is 19.5 Å². The molecule has 2 aliphatic rings. The minimum Gasteiger partial charge on any atom is -0.339 e. The average molecular weight is 454 g/mol. The van der Waals surface area contributed by atoms with Gasteiger partial charge in [0.1, 0.15) is 17.2 Å². The van der Waals surface area contributed by atoms with E-state index in [0.717, 1.165) is 23.8 Å². The van der Waals surface area contributed by atoms with Gasteiger partial charge in [-0.1, -0.05) is 0 Å². The van der Waals surface area contributed by atoms with E-state index in [-0.39, 0.29) is 29.8 Å². The predicted molar refractivity (Wildman–Crippen MR) is 116 cm³/mol. The molecule has 4 amide bonds. The van der Waals surface area contributed by atoms with Crippen molar-refractivity contribution in [1.29, 1.82) is 0 Å². The van der Waals surface area contributed by atoms with E-state index in [0.29, 0.717) is 25.9 Å². The fourth-order valence-electron chi connectivity index (χ4n) is 4.43. The summed E-state index contributed by atoms with van der Waals surface area (Å²) in [5.74, 6) is -2.09. The van der Waals surface area contributed by atoms with Gasteiger partial charge in [0.2, 0.25) is 5.91 Å². The highest BCUT2D eigenvalue weighted by atomic mass is 19.1. The molecule has 1 N–H and O–H groups in total. The number of nitrogens with one attached hydrogen (secondary N) is 1. The number of aromatic nitrogens is 1. The molecule has 1 aromatic carbocycles. The summed E-state index contributed by atoms with van der Waals surface area (Å²) in [5, 5.41) is 2.85. The normalized spacial score (nSPS) is 21.7. The molecule has 2 saturated heterocycles. The molecule has 0 aliphatic carbocycles. The van der Waals surface area contributed by atoms with Crippen LogP contribution in [0.2, 0.25) is 0 Å². The van der Waals surface area contributed by atoms with Crippen LogP contribution in [0.3, 0.4) is 0 Å². The van der Waals surface area contributed by atoms with Crippen LogP contribution in [0.25, 0.3) is 6.08 Å². The third kappa shape index (κ3) is 4.76. The number of hydrogen-bond donors (Lipinski definition) is 1. The first-order valence-electron chi connectivity index (χ1n) is 10.7. The number of hydrogen-bond acceptors (Lipinski definition) is 4. The number of carbonyl (C=O) groups excluding carboxylic acids is 3. The van der Waals surface area contributed by atoms with E-state index in [2.05, 4.69) is 10.3 Å².